The number of nitrogens with one attached hydrogen (secondary N) is 4. The maximum Gasteiger partial charge on any atom is 0.326 e. The molecule has 0 aliphatic carbocycles. The molecule has 4 unspecified atom stereocenters. The fourth-order valence-electron chi connectivity index (χ4n) is 2.87. The van der Waals surface area contributed by atoms with E-state index in [1.54, 1.807) is 13.8 Å². The van der Waals surface area contributed by atoms with Crippen molar-refractivity contribution in [2.75, 3.05) is 0 Å². The van der Waals surface area contributed by atoms with Gasteiger partial charge >= 0.3 is 5.97 Å². The molecule has 1 heterocycles. The molecule has 0 fully saturated rings. The highest BCUT2D eigenvalue weighted by Gasteiger charge is 2.32. The molecule has 0 radical (unpaired) electrons. The van der Waals surface area contributed by atoms with Crippen molar-refractivity contribution in [1.82, 2.24) is 25.9 Å². The van der Waals surface area contributed by atoms with Crippen molar-refractivity contribution >= 4 is 35.5 Å². The number of primary amides is 2. The van der Waals surface area contributed by atoms with Gasteiger partial charge in [-0.3, -0.25) is 24.0 Å². The maximum absolute atomic E-state index is 13.0. The van der Waals surface area contributed by atoms with E-state index >= 15 is 0 Å². The molecule has 0 bridgehead atoms. The lowest BCUT2D eigenvalue weighted by molar-refractivity contribution is -0.143. The van der Waals surface area contributed by atoms with E-state index in [0.717, 1.165) is 0 Å². The van der Waals surface area contributed by atoms with Crippen molar-refractivity contribution in [3.63, 3.8) is 0 Å². The average Bonchev–Trinajstić information content (AvgIpc) is 3.22. The van der Waals surface area contributed by atoms with E-state index in [2.05, 4.69) is 25.9 Å². The predicted molar refractivity (Wildman–Crippen MR) is 116 cm³/mol. The largest absolute Gasteiger partial charge is 0.480 e. The minimum atomic E-state index is -1.61. The van der Waals surface area contributed by atoms with Crippen LogP contribution in [0.1, 0.15) is 32.4 Å². The normalized spacial score (nSPS) is 14.4. The van der Waals surface area contributed by atoms with Gasteiger partial charge in [-0.25, -0.2) is 9.78 Å². The fraction of sp³-hybridized carbons (Fsp3) is 0.526. The number of rotatable bonds is 14. The third-order valence-corrected chi connectivity index (χ3v) is 4.64. The summed E-state index contributed by atoms with van der Waals surface area (Å²) >= 11 is 0. The fourth-order valence-corrected chi connectivity index (χ4v) is 2.87. The van der Waals surface area contributed by atoms with E-state index in [4.69, 9.17) is 17.2 Å². The minimum Gasteiger partial charge on any atom is -0.480 e. The van der Waals surface area contributed by atoms with Crippen LogP contribution in [0.15, 0.2) is 12.5 Å². The number of carboxylic acid groups (broad SMARTS) is 1. The quantitative estimate of drug-likeness (QED) is 0.129. The van der Waals surface area contributed by atoms with Crippen LogP contribution in [-0.4, -0.2) is 74.7 Å². The van der Waals surface area contributed by atoms with E-state index in [1.165, 1.54) is 12.5 Å². The molecular formula is C19H30N8O7. The molecule has 5 amide bonds. The van der Waals surface area contributed by atoms with Crippen molar-refractivity contribution < 1.29 is 33.9 Å². The number of nitrogens with zero attached hydrogens (tertiary/aromatic N) is 1. The SMILES string of the molecule is CC(C)C(NC(=O)C(N)CC(N)=O)C(=O)NC(Cc1cnc[nH]1)C(=O)NC(CC(N)=O)C(=O)O. The molecule has 0 aliphatic rings. The Bertz CT molecular complexity index is 902. The molecule has 11 N–H and O–H groups in total. The van der Waals surface area contributed by atoms with Gasteiger partial charge in [-0.1, -0.05) is 13.8 Å². The highest BCUT2D eigenvalue weighted by atomic mass is 16.4. The number of nitrogens with two attached hydrogens (primary N) is 3. The number of aliphatic carboxylic acids is 1. The van der Waals surface area contributed by atoms with Gasteiger partial charge in [0.2, 0.25) is 29.5 Å². The molecule has 0 saturated carbocycles. The first-order chi connectivity index (χ1) is 15.8. The summed E-state index contributed by atoms with van der Waals surface area (Å²) in [7, 11) is 0. The van der Waals surface area contributed by atoms with Gasteiger partial charge in [0.05, 0.1) is 25.2 Å². The number of carboxylic acids is 1. The summed E-state index contributed by atoms with van der Waals surface area (Å²) < 4.78 is 0. The van der Waals surface area contributed by atoms with Crippen LogP contribution >= 0.6 is 0 Å². The van der Waals surface area contributed by atoms with Gasteiger partial charge in [0.15, 0.2) is 0 Å². The molecule has 15 nitrogen and oxygen atoms in total. The van der Waals surface area contributed by atoms with E-state index in [1.807, 2.05) is 0 Å². The van der Waals surface area contributed by atoms with Crippen molar-refractivity contribution in [2.45, 2.75) is 57.3 Å². The Labute approximate surface area is 194 Å². The molecule has 0 aromatic carbocycles. The molecule has 188 valence electrons. The van der Waals surface area contributed by atoms with Crippen LogP contribution in [0.3, 0.4) is 0 Å². The molecule has 15 heteroatoms. The van der Waals surface area contributed by atoms with Crippen LogP contribution in [0.2, 0.25) is 0 Å². The zero-order chi connectivity index (χ0) is 26.0. The molecule has 34 heavy (non-hydrogen) atoms. The molecule has 0 aliphatic heterocycles. The second kappa shape index (κ2) is 12.9. The third kappa shape index (κ3) is 9.23. The monoisotopic (exact) mass is 482 g/mol. The van der Waals surface area contributed by atoms with Crippen LogP contribution in [0, 0.1) is 5.92 Å². The number of imidazole rings is 1. The Balaban J connectivity index is 3.04. The second-order valence-corrected chi connectivity index (χ2v) is 7.92. The number of hydrogen-bond donors (Lipinski definition) is 8. The summed E-state index contributed by atoms with van der Waals surface area (Å²) in [5.74, 6) is -6.16. The molecule has 4 atom stereocenters. The number of carbonyl (C=O) groups is 6. The van der Waals surface area contributed by atoms with Crippen molar-refractivity contribution in [3.05, 3.63) is 18.2 Å². The summed E-state index contributed by atoms with van der Waals surface area (Å²) in [6.07, 6.45) is 1.54. The highest BCUT2D eigenvalue weighted by Crippen LogP contribution is 2.06. The minimum absolute atomic E-state index is 0.111. The van der Waals surface area contributed by atoms with E-state index in [0.29, 0.717) is 5.69 Å². The first-order valence-electron chi connectivity index (χ1n) is 10.2. The van der Waals surface area contributed by atoms with Gasteiger partial charge in [0.1, 0.15) is 18.1 Å². The van der Waals surface area contributed by atoms with Gasteiger partial charge in [0, 0.05) is 18.3 Å². The predicted octanol–water partition coefficient (Wildman–Crippen LogP) is -3.77. The van der Waals surface area contributed by atoms with Gasteiger partial charge in [-0.2, -0.15) is 0 Å². The number of carbonyl (C=O) groups excluding carboxylic acids is 5. The van der Waals surface area contributed by atoms with Crippen LogP contribution < -0.4 is 33.2 Å². The lowest BCUT2D eigenvalue weighted by Crippen LogP contribution is -2.59. The lowest BCUT2D eigenvalue weighted by atomic mass is 10.0. The molecule has 1 aromatic heterocycles. The van der Waals surface area contributed by atoms with E-state index < -0.39 is 78.4 Å². The number of aromatic nitrogens is 2. The first kappa shape index (κ1) is 28.0. The standard InChI is InChI=1S/C19H30N8O7/c1-8(2)15(27-16(30)10(20)4-13(21)28)18(32)25-11(3-9-6-23-7-24-9)17(31)26-12(19(33)34)5-14(22)29/h6-8,10-12,15H,3-5,20H2,1-2H3,(H2,21,28)(H2,22,29)(H,23,24)(H,25,32)(H,26,31)(H,27,30)(H,33,34). The number of aromatic amines is 1. The molecular weight excluding hydrogens is 452 g/mol. The zero-order valence-electron chi connectivity index (χ0n) is 18.7. The van der Waals surface area contributed by atoms with Crippen LogP contribution in [0.4, 0.5) is 0 Å². The Kier molecular flexibility index (Phi) is 10.6. The summed E-state index contributed by atoms with van der Waals surface area (Å²) in [6, 6.07) is -5.34. The highest BCUT2D eigenvalue weighted by molar-refractivity contribution is 5.95. The van der Waals surface area contributed by atoms with Gasteiger partial charge in [-0.15, -0.1) is 0 Å². The van der Waals surface area contributed by atoms with Gasteiger partial charge < -0.3 is 43.2 Å². The molecule has 0 spiro atoms. The average molecular weight is 482 g/mol. The zero-order valence-corrected chi connectivity index (χ0v) is 18.7. The number of hydrogen-bond acceptors (Lipinski definition) is 8. The van der Waals surface area contributed by atoms with Gasteiger partial charge in [0.25, 0.3) is 0 Å². The van der Waals surface area contributed by atoms with E-state index in [-0.39, 0.29) is 6.42 Å². The summed E-state index contributed by atoms with van der Waals surface area (Å²) in [5, 5.41) is 16.3. The summed E-state index contributed by atoms with van der Waals surface area (Å²) in [4.78, 5) is 78.1. The first-order valence-corrected chi connectivity index (χ1v) is 10.2. The smallest absolute Gasteiger partial charge is 0.326 e. The third-order valence-electron chi connectivity index (χ3n) is 4.64. The summed E-state index contributed by atoms with van der Waals surface area (Å²) in [6.45, 7) is 3.25. The Morgan fingerprint density at radius 3 is 2.00 bits per heavy atom. The lowest BCUT2D eigenvalue weighted by Gasteiger charge is -2.26. The van der Waals surface area contributed by atoms with Crippen molar-refractivity contribution in [3.8, 4) is 0 Å². The number of amides is 5. The Morgan fingerprint density at radius 2 is 1.53 bits per heavy atom. The van der Waals surface area contributed by atoms with Crippen LogP contribution in [0.25, 0.3) is 0 Å². The summed E-state index contributed by atoms with van der Waals surface area (Å²) in [5.41, 5.74) is 16.1. The topological polar surface area (TPSA) is 265 Å². The Morgan fingerprint density at radius 1 is 0.941 bits per heavy atom. The van der Waals surface area contributed by atoms with Crippen LogP contribution in [-0.2, 0) is 35.2 Å². The number of H-pyrrole nitrogens is 1. The Hall–Kier alpha value is -4.01. The second-order valence-electron chi connectivity index (χ2n) is 7.92. The van der Waals surface area contributed by atoms with Crippen molar-refractivity contribution in [2.24, 2.45) is 23.1 Å². The maximum atomic E-state index is 13.0. The van der Waals surface area contributed by atoms with Crippen molar-refractivity contribution in [1.29, 1.82) is 0 Å². The van der Waals surface area contributed by atoms with Gasteiger partial charge in [-0.05, 0) is 5.92 Å². The molecule has 1 aromatic rings. The molecule has 0 saturated heterocycles. The molecule has 1 rings (SSSR count). The van der Waals surface area contributed by atoms with Crippen LogP contribution in [0.5, 0.6) is 0 Å². The van der Waals surface area contributed by atoms with E-state index in [9.17, 15) is 33.9 Å².